The highest BCUT2D eigenvalue weighted by Gasteiger charge is 2.40. The van der Waals surface area contributed by atoms with Crippen molar-refractivity contribution in [2.24, 2.45) is 5.41 Å². The van der Waals surface area contributed by atoms with Gasteiger partial charge in [-0.1, -0.05) is 30.3 Å². The fraction of sp³-hybridized carbons (Fsp3) is 0.500. The Morgan fingerprint density at radius 1 is 1.33 bits per heavy atom. The molecule has 21 heavy (non-hydrogen) atoms. The zero-order valence-electron chi connectivity index (χ0n) is 12.4. The number of piperidine rings is 1. The SMILES string of the molecule is CO[C@@H](C(=O)N1CCCC(C)(C(=O)O)C1)c1ccccc1. The van der Waals surface area contributed by atoms with E-state index in [0.29, 0.717) is 19.4 Å². The normalized spacial score (nSPS) is 23.6. The molecule has 1 unspecified atom stereocenters. The summed E-state index contributed by atoms with van der Waals surface area (Å²) in [4.78, 5) is 25.6. The van der Waals surface area contributed by atoms with Crippen LogP contribution in [-0.2, 0) is 14.3 Å². The summed E-state index contributed by atoms with van der Waals surface area (Å²) in [6, 6.07) is 9.26. The number of aliphatic carboxylic acids is 1. The van der Waals surface area contributed by atoms with Crippen molar-refractivity contribution < 1.29 is 19.4 Å². The second kappa shape index (κ2) is 6.26. The van der Waals surface area contributed by atoms with Gasteiger partial charge in [-0.05, 0) is 25.3 Å². The number of carboxylic acid groups (broad SMARTS) is 1. The number of carbonyl (C=O) groups is 2. The highest BCUT2D eigenvalue weighted by Crippen LogP contribution is 2.31. The third-order valence-electron chi connectivity index (χ3n) is 4.09. The predicted octanol–water partition coefficient (Wildman–Crippen LogP) is 2.09. The number of carbonyl (C=O) groups excluding carboxylic acids is 1. The zero-order chi connectivity index (χ0) is 15.5. The number of rotatable bonds is 4. The molecule has 0 bridgehead atoms. The van der Waals surface area contributed by atoms with Crippen LogP contribution in [0.2, 0.25) is 0 Å². The van der Waals surface area contributed by atoms with Gasteiger partial charge in [0.2, 0.25) is 0 Å². The average molecular weight is 291 g/mol. The van der Waals surface area contributed by atoms with E-state index in [0.717, 1.165) is 5.56 Å². The monoisotopic (exact) mass is 291 g/mol. The van der Waals surface area contributed by atoms with Gasteiger partial charge in [-0.15, -0.1) is 0 Å². The summed E-state index contributed by atoms with van der Waals surface area (Å²) >= 11 is 0. The van der Waals surface area contributed by atoms with Crippen molar-refractivity contribution in [3.05, 3.63) is 35.9 Å². The van der Waals surface area contributed by atoms with Crippen LogP contribution in [-0.4, -0.2) is 42.1 Å². The molecule has 1 amide bonds. The predicted molar refractivity (Wildman–Crippen MR) is 77.7 cm³/mol. The van der Waals surface area contributed by atoms with E-state index >= 15 is 0 Å². The van der Waals surface area contributed by atoms with E-state index in [2.05, 4.69) is 0 Å². The molecule has 1 aliphatic rings. The first-order valence-electron chi connectivity index (χ1n) is 7.08. The van der Waals surface area contributed by atoms with Crippen LogP contribution < -0.4 is 0 Å². The molecule has 0 aromatic heterocycles. The largest absolute Gasteiger partial charge is 0.481 e. The molecule has 1 saturated heterocycles. The Morgan fingerprint density at radius 2 is 2.00 bits per heavy atom. The summed E-state index contributed by atoms with van der Waals surface area (Å²) in [5.74, 6) is -1.02. The van der Waals surface area contributed by atoms with E-state index in [-0.39, 0.29) is 12.5 Å². The van der Waals surface area contributed by atoms with E-state index in [4.69, 9.17) is 4.74 Å². The summed E-state index contributed by atoms with van der Waals surface area (Å²) in [5, 5.41) is 9.34. The highest BCUT2D eigenvalue weighted by atomic mass is 16.5. The number of amides is 1. The van der Waals surface area contributed by atoms with Crippen LogP contribution >= 0.6 is 0 Å². The van der Waals surface area contributed by atoms with Gasteiger partial charge in [0.1, 0.15) is 0 Å². The van der Waals surface area contributed by atoms with Gasteiger partial charge in [-0.25, -0.2) is 0 Å². The lowest BCUT2D eigenvalue weighted by Gasteiger charge is -2.38. The molecular weight excluding hydrogens is 270 g/mol. The summed E-state index contributed by atoms with van der Waals surface area (Å²) in [7, 11) is 1.50. The van der Waals surface area contributed by atoms with E-state index in [9.17, 15) is 14.7 Å². The number of ether oxygens (including phenoxy) is 1. The summed E-state index contributed by atoms with van der Waals surface area (Å²) in [6.07, 6.45) is 0.608. The Morgan fingerprint density at radius 3 is 2.57 bits per heavy atom. The van der Waals surface area contributed by atoms with Crippen LogP contribution in [0.25, 0.3) is 0 Å². The standard InChI is InChI=1S/C16H21NO4/c1-16(15(19)20)9-6-10-17(11-16)14(18)13(21-2)12-7-4-3-5-8-12/h3-5,7-8,13H,6,9-11H2,1-2H3,(H,19,20)/t13-,16?/m1/s1. The van der Waals surface area contributed by atoms with Crippen LogP contribution in [0.4, 0.5) is 0 Å². The molecule has 5 nitrogen and oxygen atoms in total. The first-order valence-corrected chi connectivity index (χ1v) is 7.08. The fourth-order valence-electron chi connectivity index (χ4n) is 2.78. The molecular formula is C16H21NO4. The molecule has 5 heteroatoms. The summed E-state index contributed by atoms with van der Waals surface area (Å²) < 4.78 is 5.34. The molecule has 1 aliphatic heterocycles. The molecule has 0 aliphatic carbocycles. The van der Waals surface area contributed by atoms with Gasteiger partial charge < -0.3 is 14.7 Å². The van der Waals surface area contributed by atoms with E-state index < -0.39 is 17.5 Å². The maximum Gasteiger partial charge on any atom is 0.311 e. The lowest BCUT2D eigenvalue weighted by molar-refractivity contribution is -0.156. The van der Waals surface area contributed by atoms with Crippen LogP contribution in [0.3, 0.4) is 0 Å². The third kappa shape index (κ3) is 3.24. The molecule has 0 spiro atoms. The number of nitrogens with zero attached hydrogens (tertiary/aromatic N) is 1. The van der Waals surface area contributed by atoms with Crippen molar-refractivity contribution in [3.63, 3.8) is 0 Å². The van der Waals surface area contributed by atoms with Gasteiger partial charge in [-0.3, -0.25) is 9.59 Å². The smallest absolute Gasteiger partial charge is 0.311 e. The summed E-state index contributed by atoms with van der Waals surface area (Å²) in [5.41, 5.74) is -0.0873. The van der Waals surface area contributed by atoms with Crippen LogP contribution in [0.5, 0.6) is 0 Å². The Hall–Kier alpha value is -1.88. The molecule has 1 fully saturated rings. The molecule has 1 heterocycles. The van der Waals surface area contributed by atoms with Gasteiger partial charge in [0.25, 0.3) is 5.91 Å². The Bertz CT molecular complexity index is 516. The number of benzene rings is 1. The zero-order valence-corrected chi connectivity index (χ0v) is 12.4. The third-order valence-corrected chi connectivity index (χ3v) is 4.09. The van der Waals surface area contributed by atoms with Crippen molar-refractivity contribution in [2.75, 3.05) is 20.2 Å². The maximum absolute atomic E-state index is 12.6. The van der Waals surface area contributed by atoms with Crippen LogP contribution in [0, 0.1) is 5.41 Å². The maximum atomic E-state index is 12.6. The number of methoxy groups -OCH3 is 1. The molecule has 114 valence electrons. The minimum Gasteiger partial charge on any atom is -0.481 e. The number of likely N-dealkylation sites (tertiary alicyclic amines) is 1. The molecule has 2 atom stereocenters. The topological polar surface area (TPSA) is 66.8 Å². The van der Waals surface area contributed by atoms with Gasteiger partial charge in [-0.2, -0.15) is 0 Å². The molecule has 0 radical (unpaired) electrons. The second-order valence-electron chi connectivity index (χ2n) is 5.76. The first kappa shape index (κ1) is 15.5. The number of hydrogen-bond donors (Lipinski definition) is 1. The average Bonchev–Trinajstić information content (AvgIpc) is 2.49. The summed E-state index contributed by atoms with van der Waals surface area (Å²) in [6.45, 7) is 2.50. The van der Waals surface area contributed by atoms with Crippen molar-refractivity contribution in [2.45, 2.75) is 25.9 Å². The minimum atomic E-state index is -0.872. The van der Waals surface area contributed by atoms with Crippen LogP contribution in [0.15, 0.2) is 30.3 Å². The van der Waals surface area contributed by atoms with Gasteiger partial charge in [0.05, 0.1) is 5.41 Å². The van der Waals surface area contributed by atoms with Crippen molar-refractivity contribution in [3.8, 4) is 0 Å². The minimum absolute atomic E-state index is 0.170. The molecule has 0 saturated carbocycles. The van der Waals surface area contributed by atoms with E-state index in [1.807, 2.05) is 30.3 Å². The van der Waals surface area contributed by atoms with E-state index in [1.165, 1.54) is 7.11 Å². The van der Waals surface area contributed by atoms with Crippen LogP contribution in [0.1, 0.15) is 31.4 Å². The Kier molecular flexibility index (Phi) is 4.63. The van der Waals surface area contributed by atoms with Crippen molar-refractivity contribution in [1.29, 1.82) is 0 Å². The lowest BCUT2D eigenvalue weighted by Crippen LogP contribution is -2.49. The highest BCUT2D eigenvalue weighted by molar-refractivity contribution is 5.84. The quantitative estimate of drug-likeness (QED) is 0.922. The Labute approximate surface area is 124 Å². The number of carboxylic acids is 1. The van der Waals surface area contributed by atoms with Gasteiger partial charge >= 0.3 is 5.97 Å². The van der Waals surface area contributed by atoms with E-state index in [1.54, 1.807) is 11.8 Å². The number of hydrogen-bond acceptors (Lipinski definition) is 3. The van der Waals surface area contributed by atoms with Crippen molar-refractivity contribution >= 4 is 11.9 Å². The Balaban J connectivity index is 2.16. The van der Waals surface area contributed by atoms with Crippen molar-refractivity contribution in [1.82, 2.24) is 4.90 Å². The molecule has 1 aromatic carbocycles. The second-order valence-corrected chi connectivity index (χ2v) is 5.76. The molecule has 1 N–H and O–H groups in total. The lowest BCUT2D eigenvalue weighted by atomic mass is 9.82. The first-order chi connectivity index (χ1) is 9.98. The molecule has 2 rings (SSSR count). The fourth-order valence-corrected chi connectivity index (χ4v) is 2.78. The van der Waals surface area contributed by atoms with Gasteiger partial charge in [0.15, 0.2) is 6.10 Å². The molecule has 1 aromatic rings. The van der Waals surface area contributed by atoms with Gasteiger partial charge in [0, 0.05) is 20.2 Å².